The van der Waals surface area contributed by atoms with Crippen molar-refractivity contribution in [2.45, 2.75) is 0 Å². The SMILES string of the molecule is COCCOc1ccc(NC(=O)/C=C/c2cccc(OC)c2)cn1. The van der Waals surface area contributed by atoms with E-state index in [1.807, 2.05) is 24.3 Å². The number of anilines is 1. The third kappa shape index (κ3) is 5.73. The molecular formula is C18H20N2O4. The van der Waals surface area contributed by atoms with E-state index in [4.69, 9.17) is 14.2 Å². The summed E-state index contributed by atoms with van der Waals surface area (Å²) in [4.78, 5) is 16.0. The van der Waals surface area contributed by atoms with Crippen molar-refractivity contribution in [2.24, 2.45) is 0 Å². The maximum Gasteiger partial charge on any atom is 0.248 e. The highest BCUT2D eigenvalue weighted by atomic mass is 16.5. The molecule has 0 saturated carbocycles. The number of ether oxygens (including phenoxy) is 3. The Labute approximate surface area is 141 Å². The van der Waals surface area contributed by atoms with Crippen LogP contribution in [0.4, 0.5) is 5.69 Å². The molecule has 0 spiro atoms. The predicted octanol–water partition coefficient (Wildman–Crippen LogP) is 2.77. The number of aromatic nitrogens is 1. The van der Waals surface area contributed by atoms with Crippen molar-refractivity contribution in [3.63, 3.8) is 0 Å². The Kier molecular flexibility index (Phi) is 6.79. The maximum absolute atomic E-state index is 11.9. The van der Waals surface area contributed by atoms with Gasteiger partial charge < -0.3 is 19.5 Å². The van der Waals surface area contributed by atoms with Gasteiger partial charge in [0.25, 0.3) is 0 Å². The van der Waals surface area contributed by atoms with Gasteiger partial charge in [-0.2, -0.15) is 0 Å². The van der Waals surface area contributed by atoms with E-state index >= 15 is 0 Å². The maximum atomic E-state index is 11.9. The second kappa shape index (κ2) is 9.32. The van der Waals surface area contributed by atoms with Gasteiger partial charge in [-0.3, -0.25) is 4.79 Å². The summed E-state index contributed by atoms with van der Waals surface area (Å²) < 4.78 is 15.4. The number of benzene rings is 1. The average Bonchev–Trinajstić information content (AvgIpc) is 2.62. The molecule has 0 saturated heterocycles. The zero-order valence-corrected chi connectivity index (χ0v) is 13.7. The number of nitrogens with one attached hydrogen (secondary N) is 1. The molecule has 2 rings (SSSR count). The fourth-order valence-corrected chi connectivity index (χ4v) is 1.87. The molecular weight excluding hydrogens is 308 g/mol. The van der Waals surface area contributed by atoms with Crippen LogP contribution in [0.3, 0.4) is 0 Å². The lowest BCUT2D eigenvalue weighted by Crippen LogP contribution is -2.09. The Morgan fingerprint density at radius 2 is 2.08 bits per heavy atom. The average molecular weight is 328 g/mol. The number of carbonyl (C=O) groups is 1. The first-order valence-corrected chi connectivity index (χ1v) is 7.42. The van der Waals surface area contributed by atoms with Crippen LogP contribution < -0.4 is 14.8 Å². The normalized spacial score (nSPS) is 10.6. The number of methoxy groups -OCH3 is 2. The lowest BCUT2D eigenvalue weighted by molar-refractivity contribution is -0.111. The Hall–Kier alpha value is -2.86. The second-order valence-electron chi connectivity index (χ2n) is 4.83. The van der Waals surface area contributed by atoms with Crippen molar-refractivity contribution >= 4 is 17.7 Å². The van der Waals surface area contributed by atoms with Gasteiger partial charge in [0.15, 0.2) is 0 Å². The predicted molar refractivity (Wildman–Crippen MR) is 92.3 cm³/mol. The lowest BCUT2D eigenvalue weighted by Gasteiger charge is -2.06. The highest BCUT2D eigenvalue weighted by molar-refractivity contribution is 6.01. The van der Waals surface area contributed by atoms with Gasteiger partial charge in [-0.15, -0.1) is 0 Å². The Morgan fingerprint density at radius 1 is 1.21 bits per heavy atom. The van der Waals surface area contributed by atoms with Gasteiger partial charge in [-0.05, 0) is 29.8 Å². The summed E-state index contributed by atoms with van der Waals surface area (Å²) in [5.41, 5.74) is 1.47. The van der Waals surface area contributed by atoms with Crippen LogP contribution in [-0.2, 0) is 9.53 Å². The van der Waals surface area contributed by atoms with E-state index in [-0.39, 0.29) is 5.91 Å². The molecule has 0 unspecified atom stereocenters. The molecule has 126 valence electrons. The minimum Gasteiger partial charge on any atom is -0.497 e. The highest BCUT2D eigenvalue weighted by Gasteiger charge is 2.00. The van der Waals surface area contributed by atoms with Crippen LogP contribution in [0.25, 0.3) is 6.08 Å². The summed E-state index contributed by atoms with van der Waals surface area (Å²) in [6, 6.07) is 10.9. The van der Waals surface area contributed by atoms with Crippen LogP contribution in [0.2, 0.25) is 0 Å². The van der Waals surface area contributed by atoms with Gasteiger partial charge in [0.1, 0.15) is 12.4 Å². The molecule has 0 fully saturated rings. The van der Waals surface area contributed by atoms with E-state index in [9.17, 15) is 4.79 Å². The van der Waals surface area contributed by atoms with Gasteiger partial charge >= 0.3 is 0 Å². The molecule has 1 N–H and O–H groups in total. The summed E-state index contributed by atoms with van der Waals surface area (Å²) in [6.07, 6.45) is 4.71. The summed E-state index contributed by atoms with van der Waals surface area (Å²) in [7, 11) is 3.21. The van der Waals surface area contributed by atoms with E-state index in [0.29, 0.717) is 24.8 Å². The third-order valence-corrected chi connectivity index (χ3v) is 3.06. The Morgan fingerprint density at radius 3 is 2.79 bits per heavy atom. The van der Waals surface area contributed by atoms with Gasteiger partial charge in [0.2, 0.25) is 11.8 Å². The number of pyridine rings is 1. The lowest BCUT2D eigenvalue weighted by atomic mass is 10.2. The van der Waals surface area contributed by atoms with Gasteiger partial charge in [-0.25, -0.2) is 4.98 Å². The molecule has 1 aromatic heterocycles. The molecule has 0 aliphatic rings. The molecule has 0 atom stereocenters. The van der Waals surface area contributed by atoms with Crippen LogP contribution in [-0.4, -0.2) is 38.3 Å². The monoisotopic (exact) mass is 328 g/mol. The molecule has 24 heavy (non-hydrogen) atoms. The summed E-state index contributed by atoms with van der Waals surface area (Å²) in [5, 5.41) is 2.74. The first kappa shape index (κ1) is 17.5. The third-order valence-electron chi connectivity index (χ3n) is 3.06. The molecule has 2 aromatic rings. The number of nitrogens with zero attached hydrogens (tertiary/aromatic N) is 1. The van der Waals surface area contributed by atoms with Crippen LogP contribution in [0.1, 0.15) is 5.56 Å². The first-order valence-electron chi connectivity index (χ1n) is 7.42. The summed E-state index contributed by atoms with van der Waals surface area (Å²) in [5.74, 6) is 0.982. The molecule has 0 radical (unpaired) electrons. The van der Waals surface area contributed by atoms with E-state index in [0.717, 1.165) is 11.3 Å². The molecule has 0 aliphatic carbocycles. The molecule has 1 amide bonds. The zero-order valence-electron chi connectivity index (χ0n) is 13.7. The van der Waals surface area contributed by atoms with Crippen molar-refractivity contribution in [3.05, 3.63) is 54.2 Å². The number of hydrogen-bond donors (Lipinski definition) is 1. The van der Waals surface area contributed by atoms with Crippen LogP contribution >= 0.6 is 0 Å². The molecule has 6 heteroatoms. The standard InChI is InChI=1S/C18H20N2O4/c1-22-10-11-24-18-9-7-15(13-19-18)20-17(21)8-6-14-4-3-5-16(12-14)23-2/h3-9,12-13H,10-11H2,1-2H3,(H,20,21)/b8-6+. The fourth-order valence-electron chi connectivity index (χ4n) is 1.87. The van der Waals surface area contributed by atoms with Gasteiger partial charge in [0, 0.05) is 19.3 Å². The largest absolute Gasteiger partial charge is 0.497 e. The van der Waals surface area contributed by atoms with Crippen molar-refractivity contribution in [2.75, 3.05) is 32.8 Å². The topological polar surface area (TPSA) is 69.7 Å². The van der Waals surface area contributed by atoms with Crippen molar-refractivity contribution in [1.82, 2.24) is 4.98 Å². The number of hydrogen-bond acceptors (Lipinski definition) is 5. The minimum atomic E-state index is -0.243. The number of carbonyl (C=O) groups excluding carboxylic acids is 1. The van der Waals surface area contributed by atoms with Crippen molar-refractivity contribution in [1.29, 1.82) is 0 Å². The number of rotatable bonds is 8. The second-order valence-corrected chi connectivity index (χ2v) is 4.83. The van der Waals surface area contributed by atoms with Crippen LogP contribution in [0.15, 0.2) is 48.7 Å². The van der Waals surface area contributed by atoms with Crippen molar-refractivity contribution in [3.8, 4) is 11.6 Å². The Balaban J connectivity index is 1.88. The van der Waals surface area contributed by atoms with E-state index in [1.54, 1.807) is 38.6 Å². The van der Waals surface area contributed by atoms with Crippen molar-refractivity contribution < 1.29 is 19.0 Å². The Bertz CT molecular complexity index is 684. The minimum absolute atomic E-state index is 0.243. The number of amides is 1. The fraction of sp³-hybridized carbons (Fsp3) is 0.222. The molecule has 6 nitrogen and oxygen atoms in total. The van der Waals surface area contributed by atoms with Crippen LogP contribution in [0, 0.1) is 0 Å². The molecule has 1 heterocycles. The highest BCUT2D eigenvalue weighted by Crippen LogP contribution is 2.14. The summed E-state index contributed by atoms with van der Waals surface area (Å²) >= 11 is 0. The smallest absolute Gasteiger partial charge is 0.248 e. The quantitative estimate of drug-likeness (QED) is 0.596. The van der Waals surface area contributed by atoms with Gasteiger partial charge in [-0.1, -0.05) is 12.1 Å². The van der Waals surface area contributed by atoms with E-state index in [2.05, 4.69) is 10.3 Å². The summed E-state index contributed by atoms with van der Waals surface area (Å²) in [6.45, 7) is 0.924. The van der Waals surface area contributed by atoms with Crippen LogP contribution in [0.5, 0.6) is 11.6 Å². The molecule has 0 aliphatic heterocycles. The first-order chi connectivity index (χ1) is 11.7. The molecule has 1 aromatic carbocycles. The molecule has 0 bridgehead atoms. The van der Waals surface area contributed by atoms with Gasteiger partial charge in [0.05, 0.1) is 25.6 Å². The van der Waals surface area contributed by atoms with E-state index in [1.165, 1.54) is 6.08 Å². The zero-order chi connectivity index (χ0) is 17.2. The van der Waals surface area contributed by atoms with E-state index < -0.39 is 0 Å².